The van der Waals surface area contributed by atoms with Crippen LogP contribution in [0.4, 0.5) is 0 Å². The molecule has 0 aliphatic rings. The van der Waals surface area contributed by atoms with Gasteiger partial charge in [0.25, 0.3) is 0 Å². The third-order valence-electron chi connectivity index (χ3n) is 1.05. The van der Waals surface area contributed by atoms with Crippen molar-refractivity contribution in [3.63, 3.8) is 0 Å². The van der Waals surface area contributed by atoms with E-state index in [2.05, 4.69) is 6.92 Å². The first-order chi connectivity index (χ1) is 3.81. The van der Waals surface area contributed by atoms with Crippen molar-refractivity contribution in [1.82, 2.24) is 0 Å². The molecule has 0 aromatic rings. The summed E-state index contributed by atoms with van der Waals surface area (Å²) in [7, 11) is -0.527. The molecule has 2 heteroatoms. The zero-order valence-corrected chi connectivity index (χ0v) is 6.46. The Morgan fingerprint density at radius 2 is 2.00 bits per heavy atom. The second-order valence-electron chi connectivity index (χ2n) is 1.79. The summed E-state index contributed by atoms with van der Waals surface area (Å²) in [5.74, 6) is 1.72. The Hall–Kier alpha value is 0.150. The van der Waals surface area contributed by atoms with Gasteiger partial charge in [0.15, 0.2) is 0 Å². The predicted molar refractivity (Wildman–Crippen MR) is 38.5 cm³/mol. The fraction of sp³-hybridized carbons (Fsp3) is 1.00. The molecule has 1 nitrogen and oxygen atoms in total. The van der Waals surface area contributed by atoms with Crippen LogP contribution in [-0.4, -0.2) is 15.7 Å². The van der Waals surface area contributed by atoms with Gasteiger partial charge >= 0.3 is 0 Å². The maximum Gasteiger partial charge on any atom is 0.0234 e. The van der Waals surface area contributed by atoms with Crippen LogP contribution >= 0.6 is 0 Å². The third kappa shape index (κ3) is 4.31. The lowest BCUT2D eigenvalue weighted by Crippen LogP contribution is -1.97. The molecule has 0 bridgehead atoms. The fourth-order valence-corrected chi connectivity index (χ4v) is 1.35. The van der Waals surface area contributed by atoms with Gasteiger partial charge in [0.05, 0.1) is 0 Å². The fourth-order valence-electron chi connectivity index (χ4n) is 0.450. The summed E-state index contributed by atoms with van der Waals surface area (Å²) in [6.45, 7) is 4.08. The van der Waals surface area contributed by atoms with Crippen LogP contribution in [0.2, 0.25) is 0 Å². The molecule has 0 aliphatic heterocycles. The standard InChI is InChI=1S/C6H14OS/c1-3-5-6-8(7)4-2/h3-6H2,1-2H3. The van der Waals surface area contributed by atoms with Gasteiger partial charge in [-0.3, -0.25) is 4.21 Å². The molecule has 0 saturated carbocycles. The van der Waals surface area contributed by atoms with E-state index in [4.69, 9.17) is 0 Å². The SMILES string of the molecule is CCCCS(=O)CC. The Bertz CT molecular complexity index is 70.9. The second kappa shape index (κ2) is 5.29. The van der Waals surface area contributed by atoms with E-state index in [-0.39, 0.29) is 0 Å². The Balaban J connectivity index is 2.99. The Morgan fingerprint density at radius 1 is 1.38 bits per heavy atom. The molecule has 0 amide bonds. The first-order valence-electron chi connectivity index (χ1n) is 3.16. The molecule has 0 aromatic carbocycles. The van der Waals surface area contributed by atoms with Crippen molar-refractivity contribution in [3.05, 3.63) is 0 Å². The Kier molecular flexibility index (Phi) is 5.39. The highest BCUT2D eigenvalue weighted by molar-refractivity contribution is 7.84. The molecule has 1 atom stereocenters. The summed E-state index contributed by atoms with van der Waals surface area (Å²) in [4.78, 5) is 0. The largest absolute Gasteiger partial charge is 0.260 e. The summed E-state index contributed by atoms with van der Waals surface area (Å²) in [5.41, 5.74) is 0. The van der Waals surface area contributed by atoms with E-state index in [0.717, 1.165) is 24.3 Å². The first kappa shape index (κ1) is 8.15. The summed E-state index contributed by atoms with van der Waals surface area (Å²) in [5, 5.41) is 0. The average Bonchev–Trinajstić information content (AvgIpc) is 1.83. The number of rotatable bonds is 4. The monoisotopic (exact) mass is 134 g/mol. The van der Waals surface area contributed by atoms with Crippen molar-refractivity contribution < 1.29 is 4.21 Å². The van der Waals surface area contributed by atoms with Gasteiger partial charge in [0, 0.05) is 22.3 Å². The van der Waals surface area contributed by atoms with E-state index in [1.165, 1.54) is 0 Å². The lowest BCUT2D eigenvalue weighted by atomic mass is 10.4. The van der Waals surface area contributed by atoms with Crippen molar-refractivity contribution in [2.75, 3.05) is 11.5 Å². The zero-order chi connectivity index (χ0) is 6.41. The molecule has 0 fully saturated rings. The van der Waals surface area contributed by atoms with E-state index >= 15 is 0 Å². The zero-order valence-electron chi connectivity index (χ0n) is 5.64. The van der Waals surface area contributed by atoms with E-state index in [1.807, 2.05) is 6.92 Å². The van der Waals surface area contributed by atoms with Crippen LogP contribution < -0.4 is 0 Å². The van der Waals surface area contributed by atoms with Gasteiger partial charge in [0.2, 0.25) is 0 Å². The first-order valence-corrected chi connectivity index (χ1v) is 4.65. The molecule has 8 heavy (non-hydrogen) atoms. The molecule has 0 aromatic heterocycles. The lowest BCUT2D eigenvalue weighted by Gasteiger charge is -1.92. The van der Waals surface area contributed by atoms with Crippen molar-refractivity contribution in [3.8, 4) is 0 Å². The highest BCUT2D eigenvalue weighted by Gasteiger charge is 1.91. The topological polar surface area (TPSA) is 17.1 Å². The van der Waals surface area contributed by atoms with Gasteiger partial charge < -0.3 is 0 Å². The van der Waals surface area contributed by atoms with Crippen LogP contribution in [0, 0.1) is 0 Å². The second-order valence-corrected chi connectivity index (χ2v) is 3.65. The van der Waals surface area contributed by atoms with Crippen molar-refractivity contribution in [2.24, 2.45) is 0 Å². The molecule has 0 N–H and O–H groups in total. The minimum atomic E-state index is -0.527. The minimum absolute atomic E-state index is 0.527. The van der Waals surface area contributed by atoms with E-state index < -0.39 is 10.8 Å². The van der Waals surface area contributed by atoms with Gasteiger partial charge in [0.1, 0.15) is 0 Å². The van der Waals surface area contributed by atoms with Crippen molar-refractivity contribution in [1.29, 1.82) is 0 Å². The molecular formula is C6H14OS. The maximum absolute atomic E-state index is 10.7. The van der Waals surface area contributed by atoms with Crippen LogP contribution in [0.25, 0.3) is 0 Å². The van der Waals surface area contributed by atoms with Crippen LogP contribution in [0.15, 0.2) is 0 Å². The predicted octanol–water partition coefficient (Wildman–Crippen LogP) is 1.56. The van der Waals surface area contributed by atoms with Gasteiger partial charge in [-0.15, -0.1) is 0 Å². The highest BCUT2D eigenvalue weighted by Crippen LogP contribution is 1.90. The lowest BCUT2D eigenvalue weighted by molar-refractivity contribution is 0.680. The number of unbranched alkanes of at least 4 members (excludes halogenated alkanes) is 1. The van der Waals surface area contributed by atoms with Crippen LogP contribution in [0.1, 0.15) is 26.7 Å². The van der Waals surface area contributed by atoms with Crippen LogP contribution in [-0.2, 0) is 10.8 Å². The number of hydrogen-bond acceptors (Lipinski definition) is 1. The smallest absolute Gasteiger partial charge is 0.0234 e. The van der Waals surface area contributed by atoms with Gasteiger partial charge in [-0.1, -0.05) is 20.3 Å². The molecule has 0 spiro atoms. The van der Waals surface area contributed by atoms with Crippen molar-refractivity contribution >= 4 is 10.8 Å². The van der Waals surface area contributed by atoms with Gasteiger partial charge in [-0.05, 0) is 6.42 Å². The Morgan fingerprint density at radius 3 is 2.38 bits per heavy atom. The summed E-state index contributed by atoms with van der Waals surface area (Å²) in [6.07, 6.45) is 2.27. The summed E-state index contributed by atoms with van der Waals surface area (Å²) in [6, 6.07) is 0. The molecule has 0 heterocycles. The third-order valence-corrected chi connectivity index (χ3v) is 2.44. The molecule has 0 radical (unpaired) electrons. The quantitative estimate of drug-likeness (QED) is 0.570. The van der Waals surface area contributed by atoms with Gasteiger partial charge in [-0.2, -0.15) is 0 Å². The van der Waals surface area contributed by atoms with E-state index in [0.29, 0.717) is 0 Å². The van der Waals surface area contributed by atoms with Crippen LogP contribution in [0.3, 0.4) is 0 Å². The maximum atomic E-state index is 10.7. The minimum Gasteiger partial charge on any atom is -0.260 e. The summed E-state index contributed by atoms with van der Waals surface area (Å²) < 4.78 is 10.7. The molecule has 0 rings (SSSR count). The summed E-state index contributed by atoms with van der Waals surface area (Å²) >= 11 is 0. The van der Waals surface area contributed by atoms with Crippen LogP contribution in [0.5, 0.6) is 0 Å². The van der Waals surface area contributed by atoms with Gasteiger partial charge in [-0.25, -0.2) is 0 Å². The Labute approximate surface area is 53.9 Å². The number of hydrogen-bond donors (Lipinski definition) is 0. The highest BCUT2D eigenvalue weighted by atomic mass is 32.2. The van der Waals surface area contributed by atoms with E-state index in [9.17, 15) is 4.21 Å². The van der Waals surface area contributed by atoms with E-state index in [1.54, 1.807) is 0 Å². The molecule has 1 unspecified atom stereocenters. The molecular weight excluding hydrogens is 120 g/mol. The molecule has 50 valence electrons. The average molecular weight is 134 g/mol. The normalized spacial score (nSPS) is 13.8. The molecule has 0 saturated heterocycles. The molecule has 0 aliphatic carbocycles. The van der Waals surface area contributed by atoms with Crippen molar-refractivity contribution in [2.45, 2.75) is 26.7 Å².